The first-order valence-corrected chi connectivity index (χ1v) is 22.6. The van der Waals surface area contributed by atoms with E-state index in [9.17, 15) is 28.8 Å². The maximum atomic E-state index is 13.7. The third kappa shape index (κ3) is 13.9. The lowest BCUT2D eigenvalue weighted by molar-refractivity contribution is -0.127. The van der Waals surface area contributed by atoms with Gasteiger partial charge in [-0.3, -0.25) is 28.8 Å². The molecule has 0 saturated heterocycles. The molecule has 68 heavy (non-hydrogen) atoms. The fraction of sp³-hybridized carbons (Fsp3) is 0.250. The Kier molecular flexibility index (Phi) is 18.7. The Morgan fingerprint density at radius 3 is 1.24 bits per heavy atom. The highest BCUT2D eigenvalue weighted by molar-refractivity contribution is 6.32. The molecule has 5 rings (SSSR count). The minimum absolute atomic E-state index is 0.0239. The number of carbonyl (C=O) groups excluding carboxylic acids is 6. The summed E-state index contributed by atoms with van der Waals surface area (Å²) in [4.78, 5) is 79.5. The highest BCUT2D eigenvalue weighted by Crippen LogP contribution is 2.42. The molecule has 5 aromatic rings. The molecule has 4 amide bonds. The molecule has 0 aliphatic carbocycles. The molecular formula is C48H46Cl4N8O8. The third-order valence-corrected chi connectivity index (χ3v) is 10.5. The summed E-state index contributed by atoms with van der Waals surface area (Å²) in [6.45, 7) is 9.33. The van der Waals surface area contributed by atoms with Crippen LogP contribution in [0, 0.1) is 0 Å². The smallest absolute Gasteiger partial charge is 0.258 e. The van der Waals surface area contributed by atoms with Crippen molar-refractivity contribution in [2.45, 2.75) is 64.4 Å². The summed E-state index contributed by atoms with van der Waals surface area (Å²) in [6, 6.07) is 21.9. The molecule has 0 aliphatic heterocycles. The zero-order chi connectivity index (χ0) is 49.7. The molecule has 5 aromatic carbocycles. The third-order valence-electron chi connectivity index (χ3n) is 9.61. The number of nitrogens with zero attached hydrogens (tertiary/aromatic N) is 4. The molecule has 4 unspecified atom stereocenters. The molecular weight excluding hydrogens is 958 g/mol. The number of anilines is 4. The fourth-order valence-corrected chi connectivity index (χ4v) is 7.29. The summed E-state index contributed by atoms with van der Waals surface area (Å²) < 4.78 is 11.8. The van der Waals surface area contributed by atoms with E-state index < -0.39 is 47.3 Å². The first-order valence-electron chi connectivity index (χ1n) is 21.0. The van der Waals surface area contributed by atoms with Crippen LogP contribution in [0.25, 0.3) is 0 Å². The number of hydrogen-bond donors (Lipinski definition) is 4. The highest BCUT2D eigenvalue weighted by Gasteiger charge is 2.29. The van der Waals surface area contributed by atoms with Crippen LogP contribution in [0.4, 0.5) is 34.1 Å². The SMILES string of the molecule is CCOc1c(NC(=O)C(N=Nc2cc(Cl)cc(C(=O)Nc3ccccc3C(C)Cl)c2)C(C)=O)ccc(NC(=O)C(N=Nc2cc(Cl)cc(C(=O)Nc3ccccc3C(C)Cl)c2)C(C)=O)c1OCC. The summed E-state index contributed by atoms with van der Waals surface area (Å²) >= 11 is 25.3. The van der Waals surface area contributed by atoms with Crippen molar-refractivity contribution in [3.05, 3.63) is 129 Å². The number of ether oxygens (including phenoxy) is 2. The number of Topliss-reactive ketones (excluding diaryl/α,β-unsaturated/α-hetero) is 2. The Morgan fingerprint density at radius 1 is 0.529 bits per heavy atom. The summed E-state index contributed by atoms with van der Waals surface area (Å²) in [5.74, 6) is -4.22. The molecule has 20 heteroatoms. The van der Waals surface area contributed by atoms with Gasteiger partial charge in [-0.15, -0.1) is 23.2 Å². The minimum atomic E-state index is -1.67. The van der Waals surface area contributed by atoms with Gasteiger partial charge in [0.25, 0.3) is 23.6 Å². The quantitative estimate of drug-likeness (QED) is 0.0333. The maximum absolute atomic E-state index is 13.7. The second-order valence-electron chi connectivity index (χ2n) is 14.8. The fourth-order valence-electron chi connectivity index (χ4n) is 6.45. The number of halogens is 4. The van der Waals surface area contributed by atoms with Crippen molar-refractivity contribution in [3.8, 4) is 11.5 Å². The standard InChI is InChI=1S/C48H46Cl4N8O8/c1-7-67-43-39(55-47(65)41(27(5)61)59-57-33-21-29(19-31(51)23-33)45(63)53-37-15-11-9-13-35(37)25(3)49)17-18-40(44(43)68-8-2)56-48(66)42(28(6)62)60-58-34-22-30(20-32(52)24-34)46(64)54-38-16-12-10-14-36(38)26(4)50/h9-26,41-42H,7-8H2,1-6H3,(H,53,63)(H,54,64)(H,55,65)(H,56,66). The summed E-state index contributed by atoms with van der Waals surface area (Å²) in [6.07, 6.45) is 0. The number of hydrogen-bond acceptors (Lipinski definition) is 12. The Labute approximate surface area is 412 Å². The Morgan fingerprint density at radius 2 is 0.897 bits per heavy atom. The van der Waals surface area contributed by atoms with Gasteiger partial charge >= 0.3 is 0 Å². The normalized spacial score (nSPS) is 13.0. The van der Waals surface area contributed by atoms with Crippen LogP contribution in [0.5, 0.6) is 11.5 Å². The van der Waals surface area contributed by atoms with Crippen molar-refractivity contribution in [1.82, 2.24) is 0 Å². The van der Waals surface area contributed by atoms with E-state index in [1.54, 1.807) is 76.2 Å². The van der Waals surface area contributed by atoms with E-state index in [1.165, 1.54) is 48.5 Å². The van der Waals surface area contributed by atoms with Crippen LogP contribution in [0.15, 0.2) is 118 Å². The lowest BCUT2D eigenvalue weighted by Crippen LogP contribution is -2.32. The van der Waals surface area contributed by atoms with E-state index in [4.69, 9.17) is 55.9 Å². The van der Waals surface area contributed by atoms with Crippen molar-refractivity contribution in [2.24, 2.45) is 20.5 Å². The highest BCUT2D eigenvalue weighted by atomic mass is 35.5. The lowest BCUT2D eigenvalue weighted by Gasteiger charge is -2.20. The van der Waals surface area contributed by atoms with Gasteiger partial charge in [-0.2, -0.15) is 20.5 Å². The number of carbonyl (C=O) groups is 6. The molecule has 4 N–H and O–H groups in total. The first kappa shape index (κ1) is 52.3. The number of amides is 4. The molecule has 0 fully saturated rings. The van der Waals surface area contributed by atoms with Crippen molar-refractivity contribution >= 4 is 116 Å². The lowest BCUT2D eigenvalue weighted by atomic mass is 10.1. The molecule has 354 valence electrons. The van der Waals surface area contributed by atoms with Crippen molar-refractivity contribution in [1.29, 1.82) is 0 Å². The number of nitrogens with one attached hydrogen (secondary N) is 4. The average molecular weight is 1000 g/mol. The monoisotopic (exact) mass is 1000 g/mol. The molecule has 0 bridgehead atoms. The zero-order valence-electron chi connectivity index (χ0n) is 37.5. The van der Waals surface area contributed by atoms with Gasteiger partial charge in [-0.05, 0) is 113 Å². The van der Waals surface area contributed by atoms with Gasteiger partial charge < -0.3 is 30.7 Å². The van der Waals surface area contributed by atoms with Crippen LogP contribution in [0.2, 0.25) is 10.0 Å². The number of para-hydroxylation sites is 2. The predicted molar refractivity (Wildman–Crippen MR) is 264 cm³/mol. The van der Waals surface area contributed by atoms with Crippen molar-refractivity contribution < 1.29 is 38.2 Å². The van der Waals surface area contributed by atoms with Gasteiger partial charge in [0.05, 0.1) is 46.7 Å². The van der Waals surface area contributed by atoms with Crippen LogP contribution in [-0.2, 0) is 19.2 Å². The second kappa shape index (κ2) is 24.3. The van der Waals surface area contributed by atoms with E-state index in [0.717, 1.165) is 13.8 Å². The van der Waals surface area contributed by atoms with Crippen LogP contribution < -0.4 is 30.7 Å². The summed E-state index contributed by atoms with van der Waals surface area (Å²) in [5, 5.41) is 26.6. The van der Waals surface area contributed by atoms with E-state index >= 15 is 0 Å². The van der Waals surface area contributed by atoms with Gasteiger partial charge in [-0.25, -0.2) is 0 Å². The molecule has 0 radical (unpaired) electrons. The number of ketones is 2. The van der Waals surface area contributed by atoms with Gasteiger partial charge in [0, 0.05) is 32.5 Å². The minimum Gasteiger partial charge on any atom is -0.488 e. The number of alkyl halides is 2. The summed E-state index contributed by atoms with van der Waals surface area (Å²) in [5.41, 5.74) is 2.90. The summed E-state index contributed by atoms with van der Waals surface area (Å²) in [7, 11) is 0. The molecule has 0 spiro atoms. The largest absolute Gasteiger partial charge is 0.488 e. The van der Waals surface area contributed by atoms with E-state index in [2.05, 4.69) is 41.7 Å². The van der Waals surface area contributed by atoms with Gasteiger partial charge in [0.1, 0.15) is 0 Å². The van der Waals surface area contributed by atoms with Crippen molar-refractivity contribution in [2.75, 3.05) is 34.5 Å². The molecule has 16 nitrogen and oxygen atoms in total. The van der Waals surface area contributed by atoms with Crippen LogP contribution >= 0.6 is 46.4 Å². The van der Waals surface area contributed by atoms with E-state index in [-0.39, 0.29) is 79.4 Å². The molecule has 4 atom stereocenters. The van der Waals surface area contributed by atoms with Crippen LogP contribution in [0.1, 0.15) is 84.1 Å². The molecule has 0 aliphatic rings. The Hall–Kier alpha value is -6.72. The molecule has 0 heterocycles. The van der Waals surface area contributed by atoms with E-state index in [0.29, 0.717) is 22.5 Å². The zero-order valence-corrected chi connectivity index (χ0v) is 40.6. The van der Waals surface area contributed by atoms with Crippen LogP contribution in [0.3, 0.4) is 0 Å². The second-order valence-corrected chi connectivity index (χ2v) is 17.0. The van der Waals surface area contributed by atoms with Crippen LogP contribution in [-0.4, -0.2) is 60.5 Å². The van der Waals surface area contributed by atoms with Gasteiger partial charge in [0.2, 0.25) is 12.1 Å². The van der Waals surface area contributed by atoms with Gasteiger partial charge in [-0.1, -0.05) is 59.6 Å². The molecule has 0 aromatic heterocycles. The number of azo groups is 2. The number of rotatable bonds is 20. The molecule has 0 saturated carbocycles. The van der Waals surface area contributed by atoms with Crippen molar-refractivity contribution in [3.63, 3.8) is 0 Å². The maximum Gasteiger partial charge on any atom is 0.258 e. The Balaban J connectivity index is 1.35. The Bertz CT molecular complexity index is 2600. The predicted octanol–water partition coefficient (Wildman–Crippen LogP) is 12.3. The average Bonchev–Trinajstić information content (AvgIpc) is 3.28. The number of benzene rings is 5. The topological polar surface area (TPSA) is 218 Å². The van der Waals surface area contributed by atoms with Gasteiger partial charge in [0.15, 0.2) is 23.1 Å². The first-order chi connectivity index (χ1) is 32.4. The van der Waals surface area contributed by atoms with E-state index in [1.807, 2.05) is 0 Å².